The Morgan fingerprint density at radius 2 is 2.55 bits per heavy atom. The van der Waals surface area contributed by atoms with Crippen LogP contribution in [0.15, 0.2) is 6.20 Å². The number of nitrogens with two attached hydrogens (primary N) is 1. The van der Waals surface area contributed by atoms with Gasteiger partial charge in [-0.15, -0.1) is 0 Å². The number of rotatable bonds is 3. The molecule has 5 heteroatoms. The standard InChI is InChI=1S/C6H12N4O/c1-10-6(8-2-3-11)5(7)4-9-10/h4,8,11H,2-3,7H2,1H3. The van der Waals surface area contributed by atoms with E-state index >= 15 is 0 Å². The van der Waals surface area contributed by atoms with E-state index in [1.807, 2.05) is 0 Å². The second-order valence-corrected chi connectivity index (χ2v) is 2.22. The molecule has 0 atom stereocenters. The van der Waals surface area contributed by atoms with E-state index in [-0.39, 0.29) is 6.61 Å². The molecule has 0 aromatic carbocycles. The van der Waals surface area contributed by atoms with Crippen molar-refractivity contribution in [2.45, 2.75) is 0 Å². The summed E-state index contributed by atoms with van der Waals surface area (Å²) in [6.07, 6.45) is 1.57. The van der Waals surface area contributed by atoms with Crippen LogP contribution in [0.3, 0.4) is 0 Å². The zero-order valence-corrected chi connectivity index (χ0v) is 6.41. The first-order valence-electron chi connectivity index (χ1n) is 3.38. The van der Waals surface area contributed by atoms with E-state index in [9.17, 15) is 0 Å². The Bertz CT molecular complexity index is 213. The number of nitrogens with one attached hydrogen (secondary N) is 1. The van der Waals surface area contributed by atoms with E-state index in [1.54, 1.807) is 17.9 Å². The highest BCUT2D eigenvalue weighted by molar-refractivity contribution is 5.60. The highest BCUT2D eigenvalue weighted by Gasteiger charge is 2.02. The van der Waals surface area contributed by atoms with Gasteiger partial charge in [0.15, 0.2) is 0 Å². The van der Waals surface area contributed by atoms with Crippen molar-refractivity contribution in [1.29, 1.82) is 0 Å². The first kappa shape index (κ1) is 7.87. The number of aromatic nitrogens is 2. The van der Waals surface area contributed by atoms with Gasteiger partial charge in [-0.3, -0.25) is 4.68 Å². The van der Waals surface area contributed by atoms with Crippen LogP contribution in [0.2, 0.25) is 0 Å². The lowest BCUT2D eigenvalue weighted by Gasteiger charge is -2.04. The molecule has 62 valence electrons. The normalized spacial score (nSPS) is 10.0. The largest absolute Gasteiger partial charge is 0.395 e. The van der Waals surface area contributed by atoms with Crippen LogP contribution >= 0.6 is 0 Å². The van der Waals surface area contributed by atoms with Crippen molar-refractivity contribution in [2.75, 3.05) is 24.2 Å². The molecule has 1 rings (SSSR count). The molecule has 0 aliphatic rings. The minimum Gasteiger partial charge on any atom is -0.395 e. The molecule has 0 bridgehead atoms. The van der Waals surface area contributed by atoms with E-state index in [0.717, 1.165) is 5.82 Å². The van der Waals surface area contributed by atoms with Gasteiger partial charge in [-0.2, -0.15) is 5.10 Å². The van der Waals surface area contributed by atoms with E-state index in [0.29, 0.717) is 12.2 Å². The molecule has 1 aromatic rings. The zero-order valence-electron chi connectivity index (χ0n) is 6.41. The summed E-state index contributed by atoms with van der Waals surface area (Å²) in [4.78, 5) is 0. The van der Waals surface area contributed by atoms with Gasteiger partial charge in [-0.05, 0) is 0 Å². The van der Waals surface area contributed by atoms with E-state index in [1.165, 1.54) is 0 Å². The number of aliphatic hydroxyl groups excluding tert-OH is 1. The average molecular weight is 156 g/mol. The van der Waals surface area contributed by atoms with Crippen molar-refractivity contribution in [2.24, 2.45) is 7.05 Å². The fraction of sp³-hybridized carbons (Fsp3) is 0.500. The molecule has 0 saturated carbocycles. The fourth-order valence-electron chi connectivity index (χ4n) is 0.845. The summed E-state index contributed by atoms with van der Waals surface area (Å²) >= 11 is 0. The molecule has 0 fully saturated rings. The smallest absolute Gasteiger partial charge is 0.147 e. The number of nitrogen functional groups attached to an aromatic ring is 1. The molecule has 4 N–H and O–H groups in total. The minimum absolute atomic E-state index is 0.0879. The van der Waals surface area contributed by atoms with Gasteiger partial charge in [-0.25, -0.2) is 0 Å². The van der Waals surface area contributed by atoms with Crippen LogP contribution in [-0.4, -0.2) is 28.0 Å². The molecule has 0 saturated heterocycles. The highest BCUT2D eigenvalue weighted by atomic mass is 16.3. The lowest BCUT2D eigenvalue weighted by molar-refractivity contribution is 0.311. The molecule has 0 aliphatic carbocycles. The first-order valence-corrected chi connectivity index (χ1v) is 3.38. The van der Waals surface area contributed by atoms with Crippen molar-refractivity contribution in [1.82, 2.24) is 9.78 Å². The summed E-state index contributed by atoms with van der Waals surface area (Å²) in [5, 5.41) is 15.4. The summed E-state index contributed by atoms with van der Waals surface area (Å²) in [7, 11) is 1.79. The van der Waals surface area contributed by atoms with Crippen LogP contribution in [0.1, 0.15) is 0 Å². The minimum atomic E-state index is 0.0879. The molecule has 0 aliphatic heterocycles. The predicted molar refractivity (Wildman–Crippen MR) is 43.2 cm³/mol. The lowest BCUT2D eigenvalue weighted by atomic mass is 10.5. The van der Waals surface area contributed by atoms with Gasteiger partial charge in [0.1, 0.15) is 5.82 Å². The Morgan fingerprint density at radius 3 is 3.00 bits per heavy atom. The summed E-state index contributed by atoms with van der Waals surface area (Å²) < 4.78 is 1.63. The quantitative estimate of drug-likeness (QED) is 0.546. The number of aryl methyl sites for hydroxylation is 1. The van der Waals surface area contributed by atoms with E-state index in [4.69, 9.17) is 10.8 Å². The molecule has 0 amide bonds. The van der Waals surface area contributed by atoms with Gasteiger partial charge >= 0.3 is 0 Å². The van der Waals surface area contributed by atoms with Crippen molar-refractivity contribution >= 4 is 11.5 Å². The van der Waals surface area contributed by atoms with Crippen molar-refractivity contribution < 1.29 is 5.11 Å². The number of nitrogens with zero attached hydrogens (tertiary/aromatic N) is 2. The molecule has 1 aromatic heterocycles. The average Bonchev–Trinajstić information content (AvgIpc) is 2.29. The Balaban J connectivity index is 2.67. The number of anilines is 2. The van der Waals surface area contributed by atoms with Gasteiger partial charge in [0.2, 0.25) is 0 Å². The summed E-state index contributed by atoms with van der Waals surface area (Å²) in [5.74, 6) is 0.749. The second-order valence-electron chi connectivity index (χ2n) is 2.22. The predicted octanol–water partition coefficient (Wildman–Crippen LogP) is -0.594. The van der Waals surface area contributed by atoms with E-state index in [2.05, 4.69) is 10.4 Å². The monoisotopic (exact) mass is 156 g/mol. The maximum Gasteiger partial charge on any atom is 0.147 e. The van der Waals surface area contributed by atoms with Gasteiger partial charge in [-0.1, -0.05) is 0 Å². The Morgan fingerprint density at radius 1 is 1.82 bits per heavy atom. The molecular weight excluding hydrogens is 144 g/mol. The lowest BCUT2D eigenvalue weighted by Crippen LogP contribution is -2.10. The SMILES string of the molecule is Cn1ncc(N)c1NCCO. The van der Waals surface area contributed by atoms with Crippen molar-refractivity contribution in [3.63, 3.8) is 0 Å². The molecule has 11 heavy (non-hydrogen) atoms. The van der Waals surface area contributed by atoms with E-state index < -0.39 is 0 Å². The maximum absolute atomic E-state index is 8.51. The highest BCUT2D eigenvalue weighted by Crippen LogP contribution is 2.14. The molecule has 0 spiro atoms. The summed E-state index contributed by atoms with van der Waals surface area (Å²) in [6.45, 7) is 0.578. The molecule has 1 heterocycles. The maximum atomic E-state index is 8.51. The third-order valence-electron chi connectivity index (χ3n) is 1.37. The number of hydrogen-bond acceptors (Lipinski definition) is 4. The van der Waals surface area contributed by atoms with Gasteiger partial charge in [0, 0.05) is 13.6 Å². The molecule has 0 radical (unpaired) electrons. The number of aliphatic hydroxyl groups is 1. The first-order chi connectivity index (χ1) is 5.25. The van der Waals surface area contributed by atoms with Gasteiger partial charge < -0.3 is 16.2 Å². The topological polar surface area (TPSA) is 76.1 Å². The zero-order chi connectivity index (χ0) is 8.27. The van der Waals surface area contributed by atoms with Crippen LogP contribution in [0.4, 0.5) is 11.5 Å². The van der Waals surface area contributed by atoms with Crippen LogP contribution in [0, 0.1) is 0 Å². The van der Waals surface area contributed by atoms with Crippen LogP contribution in [-0.2, 0) is 7.05 Å². The van der Waals surface area contributed by atoms with Crippen molar-refractivity contribution in [3.05, 3.63) is 6.20 Å². The van der Waals surface area contributed by atoms with Gasteiger partial charge in [0.25, 0.3) is 0 Å². The van der Waals surface area contributed by atoms with Crippen molar-refractivity contribution in [3.8, 4) is 0 Å². The second kappa shape index (κ2) is 3.25. The Labute approximate surface area is 64.8 Å². The third-order valence-corrected chi connectivity index (χ3v) is 1.37. The number of hydrogen-bond donors (Lipinski definition) is 3. The van der Waals surface area contributed by atoms with Gasteiger partial charge in [0.05, 0.1) is 18.5 Å². The Kier molecular flexibility index (Phi) is 2.32. The third kappa shape index (κ3) is 1.62. The summed E-state index contributed by atoms with van der Waals surface area (Å²) in [5.41, 5.74) is 6.15. The molecule has 5 nitrogen and oxygen atoms in total. The Hall–Kier alpha value is -1.23. The van der Waals surface area contributed by atoms with Crippen LogP contribution < -0.4 is 11.1 Å². The van der Waals surface area contributed by atoms with Crippen LogP contribution in [0.5, 0.6) is 0 Å². The molecule has 0 unspecified atom stereocenters. The molecular formula is C6H12N4O. The van der Waals surface area contributed by atoms with Crippen LogP contribution in [0.25, 0.3) is 0 Å². The summed E-state index contributed by atoms with van der Waals surface area (Å²) in [6, 6.07) is 0. The fourth-order valence-corrected chi connectivity index (χ4v) is 0.845.